The summed E-state index contributed by atoms with van der Waals surface area (Å²) in [6, 6.07) is 0. The quantitative estimate of drug-likeness (QED) is 0.450. The Hall–Kier alpha value is -0.553. The molecule has 0 aliphatic carbocycles. The van der Waals surface area contributed by atoms with Crippen molar-refractivity contribution in [3.63, 3.8) is 0 Å². The Labute approximate surface area is 93.2 Å². The molecule has 0 radical (unpaired) electrons. The summed E-state index contributed by atoms with van der Waals surface area (Å²) in [4.78, 5) is 15.2. The molecule has 0 saturated carbocycles. The van der Waals surface area contributed by atoms with Crippen LogP contribution in [0.3, 0.4) is 0 Å². The number of nitrogens with two attached hydrogens (primary N) is 1. The first-order valence-electron chi connectivity index (χ1n) is 5.40. The van der Waals surface area contributed by atoms with Gasteiger partial charge >= 0.3 is 6.09 Å². The van der Waals surface area contributed by atoms with E-state index in [-0.39, 0.29) is 0 Å². The number of rotatable bonds is 5. The molecule has 0 bridgehead atoms. The third kappa shape index (κ3) is 3.20. The van der Waals surface area contributed by atoms with Crippen LogP contribution in [-0.2, 0) is 9.46 Å². The van der Waals surface area contributed by atoms with Gasteiger partial charge in [0.05, 0.1) is 0 Å². The summed E-state index contributed by atoms with van der Waals surface area (Å²) in [7, 11) is -2.11. The van der Waals surface area contributed by atoms with Crippen LogP contribution < -0.4 is 5.73 Å². The molecule has 2 N–H and O–H groups in total. The second kappa shape index (κ2) is 5.51. The van der Waals surface area contributed by atoms with Gasteiger partial charge in [0.2, 0.25) is 0 Å². The third-order valence-electron chi connectivity index (χ3n) is 2.98. The molecule has 0 spiro atoms. The average molecular weight is 233 g/mol. The molecule has 4 nitrogen and oxygen atoms in total. The minimum atomic E-state index is -2.11. The van der Waals surface area contributed by atoms with Gasteiger partial charge < -0.3 is 5.73 Å². The first-order chi connectivity index (χ1) is 6.75. The Morgan fingerprint density at radius 2 is 1.33 bits per heavy atom. The molecule has 0 atom stereocenters. The smallest absolute Gasteiger partial charge is 0.333 e. The van der Waals surface area contributed by atoms with E-state index in [1.807, 2.05) is 0 Å². The van der Waals surface area contributed by atoms with Gasteiger partial charge in [-0.15, -0.1) is 0 Å². The lowest BCUT2D eigenvalue weighted by Crippen LogP contribution is -2.48. The molecule has 0 rings (SSSR count). The number of amides is 1. The van der Waals surface area contributed by atoms with Gasteiger partial charge in [0, 0.05) is 0 Å². The van der Waals surface area contributed by atoms with Crippen molar-refractivity contribution in [1.82, 2.24) is 0 Å². The maximum atomic E-state index is 10.6. The van der Waals surface area contributed by atoms with Gasteiger partial charge in [-0.1, -0.05) is 41.5 Å². The van der Waals surface area contributed by atoms with E-state index in [1.54, 1.807) is 0 Å². The number of hydrogen-bond acceptors (Lipinski definition) is 3. The second-order valence-corrected chi connectivity index (χ2v) is 10.1. The van der Waals surface area contributed by atoms with Crippen LogP contribution in [0.5, 0.6) is 0 Å². The summed E-state index contributed by atoms with van der Waals surface area (Å²) < 4.78 is 5.44. The molecule has 0 fully saturated rings. The predicted octanol–water partition coefficient (Wildman–Crippen LogP) is 3.19. The molecule has 1 amide bonds. The fourth-order valence-corrected chi connectivity index (χ4v) is 7.21. The Morgan fingerprint density at radius 1 is 1.00 bits per heavy atom. The highest BCUT2D eigenvalue weighted by atomic mass is 28.4. The van der Waals surface area contributed by atoms with Crippen LogP contribution in [0.1, 0.15) is 41.5 Å². The van der Waals surface area contributed by atoms with Crippen LogP contribution in [0.2, 0.25) is 16.6 Å². The molecule has 5 heteroatoms. The summed E-state index contributed by atoms with van der Waals surface area (Å²) in [6.45, 7) is 12.6. The minimum absolute atomic E-state index is 0.372. The fraction of sp³-hybridized carbons (Fsp3) is 0.900. The van der Waals surface area contributed by atoms with E-state index in [1.165, 1.54) is 0 Å². The molecule has 0 saturated heterocycles. The van der Waals surface area contributed by atoms with E-state index in [2.05, 4.69) is 46.4 Å². The lowest BCUT2D eigenvalue weighted by Gasteiger charge is -2.38. The summed E-state index contributed by atoms with van der Waals surface area (Å²) in [5.41, 5.74) is 6.05. The van der Waals surface area contributed by atoms with E-state index < -0.39 is 14.4 Å². The molecule has 0 aliphatic heterocycles. The van der Waals surface area contributed by atoms with Gasteiger partial charge in [-0.25, -0.2) is 9.37 Å². The van der Waals surface area contributed by atoms with Crippen molar-refractivity contribution in [3.05, 3.63) is 0 Å². The van der Waals surface area contributed by atoms with E-state index in [0.29, 0.717) is 16.6 Å². The molecule has 90 valence electrons. The van der Waals surface area contributed by atoms with Crippen LogP contribution in [0.4, 0.5) is 4.79 Å². The molecular formula is C10H23NO3Si. The second-order valence-electron chi connectivity index (χ2n) is 4.80. The highest BCUT2D eigenvalue weighted by Crippen LogP contribution is 2.42. The van der Waals surface area contributed by atoms with Crippen LogP contribution >= 0.6 is 0 Å². The average Bonchev–Trinajstić information content (AvgIpc) is 2.02. The van der Waals surface area contributed by atoms with Crippen LogP contribution in [0.25, 0.3) is 0 Å². The first-order valence-corrected chi connectivity index (χ1v) is 7.54. The molecular weight excluding hydrogens is 210 g/mol. The van der Waals surface area contributed by atoms with Gasteiger partial charge in [-0.3, -0.25) is 4.89 Å². The van der Waals surface area contributed by atoms with Crippen molar-refractivity contribution in [3.8, 4) is 0 Å². The number of primary amides is 1. The molecule has 0 heterocycles. The van der Waals surface area contributed by atoms with Gasteiger partial charge in [0.25, 0.3) is 8.32 Å². The van der Waals surface area contributed by atoms with Crippen LogP contribution in [0, 0.1) is 0 Å². The van der Waals surface area contributed by atoms with E-state index >= 15 is 0 Å². The molecule has 0 unspecified atom stereocenters. The molecule has 15 heavy (non-hydrogen) atoms. The lowest BCUT2D eigenvalue weighted by molar-refractivity contribution is -0.157. The maximum absolute atomic E-state index is 10.6. The van der Waals surface area contributed by atoms with E-state index in [0.717, 1.165) is 0 Å². The van der Waals surface area contributed by atoms with Crippen molar-refractivity contribution in [2.45, 2.75) is 58.2 Å². The zero-order valence-corrected chi connectivity index (χ0v) is 11.5. The minimum Gasteiger partial charge on any atom is -0.333 e. The summed E-state index contributed by atoms with van der Waals surface area (Å²) >= 11 is 0. The number of carbonyl (C=O) groups is 1. The van der Waals surface area contributed by atoms with Crippen molar-refractivity contribution < 1.29 is 14.3 Å². The van der Waals surface area contributed by atoms with Crippen molar-refractivity contribution in [1.29, 1.82) is 0 Å². The molecule has 0 aliphatic rings. The van der Waals surface area contributed by atoms with Gasteiger partial charge in [-0.05, 0) is 16.6 Å². The molecule has 0 aromatic carbocycles. The van der Waals surface area contributed by atoms with Crippen molar-refractivity contribution in [2.75, 3.05) is 0 Å². The molecule has 0 aromatic rings. The largest absolute Gasteiger partial charge is 0.434 e. The van der Waals surface area contributed by atoms with E-state index in [9.17, 15) is 4.79 Å². The standard InChI is InChI=1S/C10H23NO3Si/c1-7(2)15(8(3)4,9(5)6)14-13-10(11)12/h7-9H,1-6H3,(H2,11,12). The van der Waals surface area contributed by atoms with Crippen molar-refractivity contribution in [2.24, 2.45) is 5.73 Å². The summed E-state index contributed by atoms with van der Waals surface area (Å²) in [5, 5.41) is 0. The van der Waals surface area contributed by atoms with Crippen molar-refractivity contribution >= 4 is 14.4 Å². The third-order valence-corrected chi connectivity index (χ3v) is 8.76. The maximum Gasteiger partial charge on any atom is 0.434 e. The monoisotopic (exact) mass is 233 g/mol. The fourth-order valence-electron chi connectivity index (χ4n) is 2.40. The normalized spacial score (nSPS) is 12.6. The number of hydrogen-bond donors (Lipinski definition) is 1. The highest BCUT2D eigenvalue weighted by molar-refractivity contribution is 6.77. The predicted molar refractivity (Wildman–Crippen MR) is 62.8 cm³/mol. The Kier molecular flexibility index (Phi) is 5.31. The first kappa shape index (κ1) is 14.4. The topological polar surface area (TPSA) is 61.6 Å². The van der Waals surface area contributed by atoms with Crippen LogP contribution in [0.15, 0.2) is 0 Å². The number of carbonyl (C=O) groups excluding carboxylic acids is 1. The zero-order valence-electron chi connectivity index (χ0n) is 10.5. The summed E-state index contributed by atoms with van der Waals surface area (Å²) in [5.74, 6) is 0. The summed E-state index contributed by atoms with van der Waals surface area (Å²) in [6.07, 6.45) is -0.867. The SMILES string of the molecule is CC(C)[Si](OOC(N)=O)(C(C)C)C(C)C. The van der Waals surface area contributed by atoms with Gasteiger partial charge in [0.1, 0.15) is 0 Å². The van der Waals surface area contributed by atoms with Gasteiger partial charge in [-0.2, -0.15) is 0 Å². The highest BCUT2D eigenvalue weighted by Gasteiger charge is 2.48. The Balaban J connectivity index is 4.88. The Bertz CT molecular complexity index is 195. The van der Waals surface area contributed by atoms with Crippen LogP contribution in [-0.4, -0.2) is 14.4 Å². The van der Waals surface area contributed by atoms with E-state index in [4.69, 9.17) is 10.3 Å². The Morgan fingerprint density at radius 3 is 1.53 bits per heavy atom. The zero-order chi connectivity index (χ0) is 12.2. The molecule has 0 aromatic heterocycles. The van der Waals surface area contributed by atoms with Gasteiger partial charge in [0.15, 0.2) is 0 Å². The lowest BCUT2D eigenvalue weighted by atomic mass is 10.5.